The molecule has 0 spiro atoms. The van der Waals surface area contributed by atoms with Crippen LogP contribution in [0.1, 0.15) is 16.2 Å². The van der Waals surface area contributed by atoms with E-state index in [0.717, 1.165) is 0 Å². The van der Waals surface area contributed by atoms with Gasteiger partial charge in [0, 0.05) is 6.20 Å². The van der Waals surface area contributed by atoms with Crippen LogP contribution in [-0.4, -0.2) is 31.2 Å². The van der Waals surface area contributed by atoms with Crippen molar-refractivity contribution in [2.45, 2.75) is 6.92 Å². The van der Waals surface area contributed by atoms with Crippen LogP contribution in [0.25, 0.3) is 0 Å². The van der Waals surface area contributed by atoms with Gasteiger partial charge in [0.15, 0.2) is 0 Å². The summed E-state index contributed by atoms with van der Waals surface area (Å²) in [5.74, 6) is 0.0825. The first-order chi connectivity index (χ1) is 7.66. The van der Waals surface area contributed by atoms with E-state index in [1.807, 2.05) is 0 Å². The first kappa shape index (κ1) is 10.1. The Hall–Kier alpha value is -2.44. The van der Waals surface area contributed by atoms with E-state index in [-0.39, 0.29) is 17.3 Å². The molecule has 0 bridgehead atoms. The van der Waals surface area contributed by atoms with E-state index in [1.54, 1.807) is 6.92 Å². The van der Waals surface area contributed by atoms with E-state index < -0.39 is 5.91 Å². The largest absolute Gasteiger partial charge is 0.505 e. The summed E-state index contributed by atoms with van der Waals surface area (Å²) < 4.78 is 0. The maximum Gasteiger partial charge on any atom is 0.261 e. The molecule has 3 N–H and O–H groups in total. The van der Waals surface area contributed by atoms with Gasteiger partial charge in [0.25, 0.3) is 5.91 Å². The third-order valence-electron chi connectivity index (χ3n) is 1.87. The van der Waals surface area contributed by atoms with E-state index in [0.29, 0.717) is 5.82 Å². The summed E-state index contributed by atoms with van der Waals surface area (Å²) in [7, 11) is 0. The number of rotatable bonds is 2. The highest BCUT2D eigenvalue weighted by molar-refractivity contribution is 6.05. The van der Waals surface area contributed by atoms with Crippen LogP contribution in [0.5, 0.6) is 5.75 Å². The third kappa shape index (κ3) is 1.97. The molecule has 0 saturated heterocycles. The number of carbonyl (C=O) groups excluding carboxylic acids is 1. The van der Waals surface area contributed by atoms with Gasteiger partial charge in [0.05, 0.1) is 11.8 Å². The highest BCUT2D eigenvalue weighted by atomic mass is 16.3. The van der Waals surface area contributed by atoms with E-state index in [9.17, 15) is 9.90 Å². The smallest absolute Gasteiger partial charge is 0.261 e. The zero-order valence-corrected chi connectivity index (χ0v) is 8.43. The highest BCUT2D eigenvalue weighted by Crippen LogP contribution is 2.14. The molecule has 2 aromatic heterocycles. The van der Waals surface area contributed by atoms with Gasteiger partial charge in [-0.05, 0) is 13.0 Å². The lowest BCUT2D eigenvalue weighted by Crippen LogP contribution is -2.13. The van der Waals surface area contributed by atoms with Crippen LogP contribution in [0.4, 0.5) is 5.95 Å². The van der Waals surface area contributed by atoms with Crippen molar-refractivity contribution in [3.05, 3.63) is 29.8 Å². The fourth-order valence-corrected chi connectivity index (χ4v) is 1.15. The van der Waals surface area contributed by atoms with Gasteiger partial charge in [-0.3, -0.25) is 20.2 Å². The number of amides is 1. The van der Waals surface area contributed by atoms with Gasteiger partial charge in [-0.25, -0.2) is 0 Å². The lowest BCUT2D eigenvalue weighted by Gasteiger charge is -2.02. The quantitative estimate of drug-likeness (QED) is 0.680. The van der Waals surface area contributed by atoms with E-state index in [2.05, 4.69) is 25.5 Å². The van der Waals surface area contributed by atoms with Gasteiger partial charge in [-0.1, -0.05) is 0 Å². The van der Waals surface area contributed by atoms with Crippen LogP contribution in [0.15, 0.2) is 18.5 Å². The Kier molecular flexibility index (Phi) is 2.50. The molecule has 0 radical (unpaired) electrons. The second-order valence-electron chi connectivity index (χ2n) is 3.09. The minimum Gasteiger partial charge on any atom is -0.505 e. The maximum atomic E-state index is 11.7. The number of hydrogen-bond acceptors (Lipinski definition) is 5. The monoisotopic (exact) mass is 219 g/mol. The van der Waals surface area contributed by atoms with Crippen LogP contribution >= 0.6 is 0 Å². The second-order valence-corrected chi connectivity index (χ2v) is 3.09. The Morgan fingerprint density at radius 2 is 2.38 bits per heavy atom. The van der Waals surface area contributed by atoms with Crippen LogP contribution in [0, 0.1) is 6.92 Å². The number of nitrogens with one attached hydrogen (secondary N) is 2. The lowest BCUT2D eigenvalue weighted by atomic mass is 10.2. The average Bonchev–Trinajstić information content (AvgIpc) is 2.64. The summed E-state index contributed by atoms with van der Waals surface area (Å²) in [6, 6.07) is 1.41. The fourth-order valence-electron chi connectivity index (χ4n) is 1.15. The lowest BCUT2D eigenvalue weighted by molar-refractivity contribution is 0.102. The van der Waals surface area contributed by atoms with Gasteiger partial charge in [-0.15, -0.1) is 5.10 Å². The number of anilines is 1. The normalized spacial score (nSPS) is 10.1. The number of aromatic hydroxyl groups is 1. The molecule has 2 heterocycles. The molecule has 0 unspecified atom stereocenters. The molecule has 0 aliphatic rings. The van der Waals surface area contributed by atoms with Crippen molar-refractivity contribution < 1.29 is 9.90 Å². The summed E-state index contributed by atoms with van der Waals surface area (Å²) in [5.41, 5.74) is 0.123. The Morgan fingerprint density at radius 3 is 3.00 bits per heavy atom. The molecule has 16 heavy (non-hydrogen) atoms. The number of aryl methyl sites for hydroxylation is 1. The Labute approximate surface area is 90.6 Å². The van der Waals surface area contributed by atoms with Crippen molar-refractivity contribution in [3.8, 4) is 5.75 Å². The molecule has 1 amide bonds. The Bertz CT molecular complexity index is 522. The maximum absolute atomic E-state index is 11.7. The summed E-state index contributed by atoms with van der Waals surface area (Å²) in [4.78, 5) is 19.2. The van der Waals surface area contributed by atoms with Crippen LogP contribution in [0.3, 0.4) is 0 Å². The van der Waals surface area contributed by atoms with Crippen molar-refractivity contribution in [2.75, 3.05) is 5.32 Å². The molecule has 82 valence electrons. The Balaban J connectivity index is 2.18. The molecular weight excluding hydrogens is 210 g/mol. The fraction of sp³-hybridized carbons (Fsp3) is 0.111. The summed E-state index contributed by atoms with van der Waals surface area (Å²) in [6.07, 6.45) is 2.61. The van der Waals surface area contributed by atoms with Gasteiger partial charge >= 0.3 is 0 Å². The number of nitrogens with zero attached hydrogens (tertiary/aromatic N) is 3. The topological polar surface area (TPSA) is 104 Å². The van der Waals surface area contributed by atoms with Crippen molar-refractivity contribution in [1.82, 2.24) is 20.2 Å². The number of H-pyrrole nitrogens is 1. The summed E-state index contributed by atoms with van der Waals surface area (Å²) in [5, 5.41) is 18.2. The van der Waals surface area contributed by atoms with Crippen LogP contribution in [-0.2, 0) is 0 Å². The molecule has 0 aliphatic heterocycles. The zero-order chi connectivity index (χ0) is 11.5. The third-order valence-corrected chi connectivity index (χ3v) is 1.87. The minimum absolute atomic E-state index is 0.123. The van der Waals surface area contributed by atoms with Gasteiger partial charge in [0.1, 0.15) is 11.6 Å². The van der Waals surface area contributed by atoms with Crippen molar-refractivity contribution in [2.24, 2.45) is 0 Å². The van der Waals surface area contributed by atoms with Gasteiger partial charge < -0.3 is 5.11 Å². The van der Waals surface area contributed by atoms with Gasteiger partial charge in [0.2, 0.25) is 5.95 Å². The number of hydrogen-bond donors (Lipinski definition) is 3. The SMILES string of the molecule is Cc1nc(NC(=O)c2ccncc2O)n[nH]1. The first-order valence-electron chi connectivity index (χ1n) is 4.50. The molecule has 0 saturated carbocycles. The highest BCUT2D eigenvalue weighted by Gasteiger charge is 2.12. The number of carbonyl (C=O) groups is 1. The first-order valence-corrected chi connectivity index (χ1v) is 4.50. The predicted molar refractivity (Wildman–Crippen MR) is 55.0 cm³/mol. The van der Waals surface area contributed by atoms with E-state index in [1.165, 1.54) is 18.5 Å². The number of aromatic nitrogens is 4. The van der Waals surface area contributed by atoms with E-state index >= 15 is 0 Å². The van der Waals surface area contributed by atoms with Gasteiger partial charge in [-0.2, -0.15) is 4.98 Å². The average molecular weight is 219 g/mol. The molecule has 7 heteroatoms. The Morgan fingerprint density at radius 1 is 1.56 bits per heavy atom. The van der Waals surface area contributed by atoms with Crippen molar-refractivity contribution in [3.63, 3.8) is 0 Å². The predicted octanol–water partition coefficient (Wildman–Crippen LogP) is 0.466. The summed E-state index contributed by atoms with van der Waals surface area (Å²) >= 11 is 0. The van der Waals surface area contributed by atoms with Crippen LogP contribution < -0.4 is 5.32 Å². The standard InChI is InChI=1S/C9H9N5O2/c1-5-11-9(14-13-5)12-8(16)6-2-3-10-4-7(6)15/h2-4,15H,1H3,(H2,11,12,13,14,16). The molecule has 2 rings (SSSR count). The van der Waals surface area contributed by atoms with Crippen molar-refractivity contribution >= 4 is 11.9 Å². The number of aromatic amines is 1. The molecular formula is C9H9N5O2. The molecule has 0 aliphatic carbocycles. The van der Waals surface area contributed by atoms with Crippen molar-refractivity contribution in [1.29, 1.82) is 0 Å². The second kappa shape index (κ2) is 3.97. The molecule has 0 aromatic carbocycles. The number of pyridine rings is 1. The molecule has 2 aromatic rings. The molecule has 0 fully saturated rings. The molecule has 7 nitrogen and oxygen atoms in total. The minimum atomic E-state index is -0.487. The summed E-state index contributed by atoms with van der Waals surface area (Å²) in [6.45, 7) is 1.71. The zero-order valence-electron chi connectivity index (χ0n) is 8.43. The van der Waals surface area contributed by atoms with Crippen LogP contribution in [0.2, 0.25) is 0 Å². The van der Waals surface area contributed by atoms with E-state index in [4.69, 9.17) is 0 Å². The molecule has 0 atom stereocenters.